The molecular weight excluding hydrogens is 448 g/mol. The van der Waals surface area contributed by atoms with Gasteiger partial charge in [-0.3, -0.25) is 4.79 Å². The van der Waals surface area contributed by atoms with E-state index in [1.54, 1.807) is 25.1 Å². The van der Waals surface area contributed by atoms with Crippen molar-refractivity contribution in [3.05, 3.63) is 89.1 Å². The van der Waals surface area contributed by atoms with E-state index in [2.05, 4.69) is 4.98 Å². The lowest BCUT2D eigenvalue weighted by Gasteiger charge is -2.22. The molecule has 0 spiro atoms. The molecular formula is C26H20F4N2O2. The molecule has 1 aliphatic rings. The summed E-state index contributed by atoms with van der Waals surface area (Å²) in [6.07, 6.45) is -3.24. The minimum absolute atomic E-state index is 0.0215. The zero-order valence-electron chi connectivity index (χ0n) is 18.2. The van der Waals surface area contributed by atoms with Crippen molar-refractivity contribution in [3.63, 3.8) is 0 Å². The number of hydrogen-bond acceptors (Lipinski definition) is 3. The molecule has 1 aliphatic heterocycles. The molecule has 4 nitrogen and oxygen atoms in total. The lowest BCUT2D eigenvalue weighted by atomic mass is 10.0. The van der Waals surface area contributed by atoms with Crippen LogP contribution in [0.1, 0.15) is 46.3 Å². The number of carbonyl (C=O) groups is 1. The molecule has 2 heterocycles. The Morgan fingerprint density at radius 1 is 1.06 bits per heavy atom. The van der Waals surface area contributed by atoms with Gasteiger partial charge in [-0.2, -0.15) is 13.2 Å². The molecule has 1 fully saturated rings. The fraction of sp³-hybridized carbons (Fsp3) is 0.231. The highest BCUT2D eigenvalue weighted by atomic mass is 19.4. The van der Waals surface area contributed by atoms with Gasteiger partial charge in [0.1, 0.15) is 17.4 Å². The third-order valence-corrected chi connectivity index (χ3v) is 6.13. The van der Waals surface area contributed by atoms with Gasteiger partial charge in [0.25, 0.3) is 5.91 Å². The van der Waals surface area contributed by atoms with Crippen LogP contribution in [-0.4, -0.2) is 22.3 Å². The molecule has 1 amide bonds. The van der Waals surface area contributed by atoms with Crippen LogP contribution < -0.4 is 0 Å². The number of rotatable bonds is 3. The van der Waals surface area contributed by atoms with E-state index in [1.807, 2.05) is 12.1 Å². The SMILES string of the molecule is Cc1cc(-c2ccc3oc(C4CCCN4C(=O)c4cccc(C(F)(F)F)c4)nc3c2)ccc1F. The van der Waals surface area contributed by atoms with Crippen LogP contribution in [-0.2, 0) is 6.18 Å². The molecule has 0 saturated carbocycles. The first-order valence-electron chi connectivity index (χ1n) is 10.9. The lowest BCUT2D eigenvalue weighted by Crippen LogP contribution is -2.31. The Bertz CT molecular complexity index is 1390. The van der Waals surface area contributed by atoms with Crippen molar-refractivity contribution < 1.29 is 26.8 Å². The van der Waals surface area contributed by atoms with Gasteiger partial charge in [-0.15, -0.1) is 0 Å². The van der Waals surface area contributed by atoms with Crippen molar-refractivity contribution in [2.45, 2.75) is 32.0 Å². The number of benzene rings is 3. The Labute approximate surface area is 192 Å². The molecule has 0 radical (unpaired) electrons. The molecule has 174 valence electrons. The quantitative estimate of drug-likeness (QED) is 0.306. The minimum atomic E-state index is -4.53. The van der Waals surface area contributed by atoms with Gasteiger partial charge in [-0.1, -0.05) is 18.2 Å². The Hall–Kier alpha value is -3.68. The van der Waals surface area contributed by atoms with Crippen molar-refractivity contribution >= 4 is 17.0 Å². The fourth-order valence-electron chi connectivity index (χ4n) is 4.35. The molecule has 1 saturated heterocycles. The largest absolute Gasteiger partial charge is 0.438 e. The van der Waals surface area contributed by atoms with Crippen LogP contribution in [0, 0.1) is 12.7 Å². The van der Waals surface area contributed by atoms with Crippen LogP contribution >= 0.6 is 0 Å². The number of nitrogens with zero attached hydrogens (tertiary/aromatic N) is 2. The van der Waals surface area contributed by atoms with Gasteiger partial charge in [-0.05, 0) is 78.9 Å². The van der Waals surface area contributed by atoms with Crippen LogP contribution in [0.5, 0.6) is 0 Å². The van der Waals surface area contributed by atoms with Crippen LogP contribution in [0.25, 0.3) is 22.2 Å². The Morgan fingerprint density at radius 2 is 1.82 bits per heavy atom. The number of oxazole rings is 1. The number of alkyl halides is 3. The number of halogens is 4. The molecule has 0 N–H and O–H groups in total. The van der Waals surface area contributed by atoms with Gasteiger partial charge in [0.2, 0.25) is 5.89 Å². The summed E-state index contributed by atoms with van der Waals surface area (Å²) in [4.78, 5) is 19.2. The Morgan fingerprint density at radius 3 is 2.59 bits per heavy atom. The number of carbonyl (C=O) groups excluding carboxylic acids is 1. The fourth-order valence-corrected chi connectivity index (χ4v) is 4.35. The smallest absolute Gasteiger partial charge is 0.416 e. The van der Waals surface area contributed by atoms with Gasteiger partial charge in [0.05, 0.1) is 5.56 Å². The molecule has 1 aromatic heterocycles. The standard InChI is InChI=1S/C26H20F4N2O2/c1-15-12-16(7-9-20(15)27)17-8-10-23-21(14-17)31-24(34-23)22-6-3-11-32(22)25(33)18-4-2-5-19(13-18)26(28,29)30/h2,4-5,7-10,12-14,22H,3,6,11H2,1H3. The van der Waals surface area contributed by atoms with E-state index in [0.29, 0.717) is 41.9 Å². The van der Waals surface area contributed by atoms with Crippen LogP contribution in [0.3, 0.4) is 0 Å². The predicted octanol–water partition coefficient (Wildman–Crippen LogP) is 6.94. The van der Waals surface area contributed by atoms with Gasteiger partial charge in [0.15, 0.2) is 5.58 Å². The number of hydrogen-bond donors (Lipinski definition) is 0. The van der Waals surface area contributed by atoms with Crippen molar-refractivity contribution in [2.24, 2.45) is 0 Å². The summed E-state index contributed by atoms with van der Waals surface area (Å²) >= 11 is 0. The normalized spacial score (nSPS) is 16.4. The molecule has 34 heavy (non-hydrogen) atoms. The monoisotopic (exact) mass is 468 g/mol. The van der Waals surface area contributed by atoms with Gasteiger partial charge >= 0.3 is 6.18 Å². The number of fused-ring (bicyclic) bond motifs is 1. The lowest BCUT2D eigenvalue weighted by molar-refractivity contribution is -0.137. The summed E-state index contributed by atoms with van der Waals surface area (Å²) in [5.41, 5.74) is 2.47. The van der Waals surface area contributed by atoms with Crippen molar-refractivity contribution in [1.29, 1.82) is 0 Å². The highest BCUT2D eigenvalue weighted by Crippen LogP contribution is 2.36. The second-order valence-electron chi connectivity index (χ2n) is 8.43. The van der Waals surface area contributed by atoms with E-state index in [0.717, 1.165) is 23.3 Å². The van der Waals surface area contributed by atoms with Crippen LogP contribution in [0.15, 0.2) is 65.1 Å². The molecule has 0 aliphatic carbocycles. The van der Waals surface area contributed by atoms with E-state index in [-0.39, 0.29) is 11.4 Å². The summed E-state index contributed by atoms with van der Waals surface area (Å²) in [6.45, 7) is 2.10. The first kappa shape index (κ1) is 22.1. The number of aryl methyl sites for hydroxylation is 1. The van der Waals surface area contributed by atoms with E-state index in [9.17, 15) is 22.4 Å². The maximum absolute atomic E-state index is 13.6. The van der Waals surface area contributed by atoms with Gasteiger partial charge in [0, 0.05) is 12.1 Å². The molecule has 1 unspecified atom stereocenters. The van der Waals surface area contributed by atoms with E-state index < -0.39 is 23.7 Å². The summed E-state index contributed by atoms with van der Waals surface area (Å²) in [5.74, 6) is -0.418. The topological polar surface area (TPSA) is 46.3 Å². The Kier molecular flexibility index (Phi) is 5.38. The molecule has 5 rings (SSSR count). The third-order valence-electron chi connectivity index (χ3n) is 6.13. The number of aromatic nitrogens is 1. The van der Waals surface area contributed by atoms with E-state index >= 15 is 0 Å². The van der Waals surface area contributed by atoms with Gasteiger partial charge in [-0.25, -0.2) is 9.37 Å². The third kappa shape index (κ3) is 4.04. The van der Waals surface area contributed by atoms with Crippen LogP contribution in [0.4, 0.5) is 17.6 Å². The van der Waals surface area contributed by atoms with Crippen molar-refractivity contribution in [3.8, 4) is 11.1 Å². The summed E-state index contributed by atoms with van der Waals surface area (Å²) in [7, 11) is 0. The van der Waals surface area contributed by atoms with Gasteiger partial charge < -0.3 is 9.32 Å². The number of likely N-dealkylation sites (tertiary alicyclic amines) is 1. The first-order chi connectivity index (χ1) is 16.2. The Balaban J connectivity index is 1.45. The minimum Gasteiger partial charge on any atom is -0.438 e. The second-order valence-corrected chi connectivity index (χ2v) is 8.43. The highest BCUT2D eigenvalue weighted by Gasteiger charge is 2.36. The summed E-state index contributed by atoms with van der Waals surface area (Å²) in [5, 5.41) is 0. The van der Waals surface area contributed by atoms with Crippen molar-refractivity contribution in [1.82, 2.24) is 9.88 Å². The molecule has 1 atom stereocenters. The highest BCUT2D eigenvalue weighted by molar-refractivity contribution is 5.95. The zero-order valence-corrected chi connectivity index (χ0v) is 18.2. The predicted molar refractivity (Wildman–Crippen MR) is 119 cm³/mol. The van der Waals surface area contributed by atoms with E-state index in [4.69, 9.17) is 4.42 Å². The maximum Gasteiger partial charge on any atom is 0.416 e. The molecule has 4 aromatic rings. The zero-order chi connectivity index (χ0) is 24.0. The molecule has 0 bridgehead atoms. The average molecular weight is 468 g/mol. The van der Waals surface area contributed by atoms with Crippen molar-refractivity contribution in [2.75, 3.05) is 6.54 Å². The second kappa shape index (κ2) is 8.27. The average Bonchev–Trinajstić information content (AvgIpc) is 3.46. The first-order valence-corrected chi connectivity index (χ1v) is 10.9. The molecule has 3 aromatic carbocycles. The molecule has 8 heteroatoms. The van der Waals surface area contributed by atoms with E-state index in [1.165, 1.54) is 23.1 Å². The maximum atomic E-state index is 13.6. The summed E-state index contributed by atoms with van der Waals surface area (Å²) in [6, 6.07) is 14.3. The number of amides is 1. The summed E-state index contributed by atoms with van der Waals surface area (Å²) < 4.78 is 58.9. The van der Waals surface area contributed by atoms with Crippen LogP contribution in [0.2, 0.25) is 0 Å².